The van der Waals surface area contributed by atoms with Crippen molar-refractivity contribution < 1.29 is 23.9 Å². The Morgan fingerprint density at radius 1 is 1.32 bits per heavy atom. The average molecular weight is 267 g/mol. The number of hydrogen-bond acceptors (Lipinski definition) is 7. The highest BCUT2D eigenvalue weighted by Gasteiger charge is 2.33. The van der Waals surface area contributed by atoms with Gasteiger partial charge in [-0.25, -0.2) is 0 Å². The van der Waals surface area contributed by atoms with Crippen molar-refractivity contribution in [3.63, 3.8) is 0 Å². The normalized spacial score (nSPS) is 14.9. The van der Waals surface area contributed by atoms with Gasteiger partial charge >= 0.3 is 11.2 Å². The molecule has 0 spiro atoms. The van der Waals surface area contributed by atoms with E-state index in [9.17, 15) is 15.3 Å². The second-order valence-corrected chi connectivity index (χ2v) is 4.01. The first-order valence-corrected chi connectivity index (χ1v) is 5.65. The van der Waals surface area contributed by atoms with Gasteiger partial charge in [-0.1, -0.05) is 0 Å². The third kappa shape index (κ3) is 1.79. The van der Waals surface area contributed by atoms with E-state index in [-0.39, 0.29) is 27.4 Å². The summed E-state index contributed by atoms with van der Waals surface area (Å²) in [4.78, 5) is 10.6. The molecule has 0 unspecified atom stereocenters. The monoisotopic (exact) mass is 267 g/mol. The van der Waals surface area contributed by atoms with E-state index in [1.165, 1.54) is 6.07 Å². The van der Waals surface area contributed by atoms with Crippen LogP contribution in [0, 0.1) is 15.3 Å². The molecule has 0 N–H and O–H groups in total. The Hall–Kier alpha value is -2.58. The molecule has 19 heavy (non-hydrogen) atoms. The second kappa shape index (κ2) is 4.26. The predicted octanol–water partition coefficient (Wildman–Crippen LogP) is 0.921. The van der Waals surface area contributed by atoms with Gasteiger partial charge in [0.25, 0.3) is 0 Å². The zero-order chi connectivity index (χ0) is 13.4. The lowest BCUT2D eigenvalue weighted by atomic mass is 10.2. The Balaban J connectivity index is 2.30. The van der Waals surface area contributed by atoms with Gasteiger partial charge in [-0.2, -0.15) is 0 Å². The van der Waals surface area contributed by atoms with Gasteiger partial charge in [0.1, 0.15) is 0 Å². The lowest BCUT2D eigenvalue weighted by Gasteiger charge is -2.15. The molecule has 0 amide bonds. The van der Waals surface area contributed by atoms with E-state index in [4.69, 9.17) is 9.47 Å². The first-order valence-electron chi connectivity index (χ1n) is 5.65. The molecule has 2 heterocycles. The summed E-state index contributed by atoms with van der Waals surface area (Å²) in [6, 6.07) is 1.34. The Morgan fingerprint density at radius 3 is 2.79 bits per heavy atom. The molecule has 0 saturated carbocycles. The standard InChI is InChI=1S/C10H9N3O6/c14-12(15)9-8-6(13(16)19-11-8)5-7-10(9)18-4-2-1-3-17-7/h5H,1-4H2. The van der Waals surface area contributed by atoms with E-state index in [0.717, 1.165) is 12.8 Å². The number of rotatable bonds is 1. The van der Waals surface area contributed by atoms with Crippen LogP contribution in [0.15, 0.2) is 10.7 Å². The highest BCUT2D eigenvalue weighted by atomic mass is 16.8. The first kappa shape index (κ1) is 11.5. The maximum Gasteiger partial charge on any atom is 0.372 e. The molecule has 100 valence electrons. The van der Waals surface area contributed by atoms with Crippen LogP contribution in [-0.4, -0.2) is 23.3 Å². The molecule has 3 rings (SSSR count). The van der Waals surface area contributed by atoms with Crippen LogP contribution < -0.4 is 14.4 Å². The van der Waals surface area contributed by atoms with Gasteiger partial charge in [0, 0.05) is 6.07 Å². The van der Waals surface area contributed by atoms with Gasteiger partial charge in [-0.3, -0.25) is 14.7 Å². The minimum absolute atomic E-state index is 0.00824. The van der Waals surface area contributed by atoms with Gasteiger partial charge in [0.15, 0.2) is 5.75 Å². The lowest BCUT2D eigenvalue weighted by Crippen LogP contribution is -2.22. The fourth-order valence-electron chi connectivity index (χ4n) is 1.93. The molecule has 1 aliphatic rings. The van der Waals surface area contributed by atoms with Crippen molar-refractivity contribution in [2.45, 2.75) is 12.8 Å². The van der Waals surface area contributed by atoms with E-state index in [2.05, 4.69) is 9.79 Å². The average Bonchev–Trinajstić information content (AvgIpc) is 2.70. The van der Waals surface area contributed by atoms with Crippen LogP contribution in [0.1, 0.15) is 12.8 Å². The summed E-state index contributed by atoms with van der Waals surface area (Å²) in [7, 11) is 0. The molecule has 1 aliphatic heterocycles. The Bertz CT molecular complexity index is 652. The minimum Gasteiger partial charge on any atom is -0.489 e. The summed E-state index contributed by atoms with van der Waals surface area (Å²) in [6.07, 6.45) is 1.50. The fourth-order valence-corrected chi connectivity index (χ4v) is 1.93. The number of nitrogens with zero attached hydrogens (tertiary/aromatic N) is 3. The van der Waals surface area contributed by atoms with Gasteiger partial charge in [-0.15, -0.1) is 0 Å². The molecule has 2 aromatic rings. The highest BCUT2D eigenvalue weighted by molar-refractivity contribution is 5.88. The minimum atomic E-state index is -0.658. The number of ether oxygens (including phenoxy) is 2. The van der Waals surface area contributed by atoms with Crippen LogP contribution in [0.4, 0.5) is 5.69 Å². The smallest absolute Gasteiger partial charge is 0.372 e. The van der Waals surface area contributed by atoms with Gasteiger partial charge in [-0.05, 0) is 17.7 Å². The van der Waals surface area contributed by atoms with Crippen LogP contribution in [0.3, 0.4) is 0 Å². The number of nitro groups is 1. The van der Waals surface area contributed by atoms with Crippen molar-refractivity contribution in [2.24, 2.45) is 0 Å². The second-order valence-electron chi connectivity index (χ2n) is 4.01. The summed E-state index contributed by atoms with van der Waals surface area (Å²) in [6.45, 7) is 0.751. The van der Waals surface area contributed by atoms with Crippen LogP contribution in [0.5, 0.6) is 11.5 Å². The number of fused-ring (bicyclic) bond motifs is 2. The molecule has 0 atom stereocenters. The lowest BCUT2D eigenvalue weighted by molar-refractivity contribution is -0.782. The maximum absolute atomic E-state index is 11.4. The molecule has 9 heteroatoms. The molecule has 0 saturated heterocycles. The third-order valence-corrected chi connectivity index (χ3v) is 2.80. The maximum atomic E-state index is 11.4. The topological polar surface area (TPSA) is 115 Å². The van der Waals surface area contributed by atoms with Crippen molar-refractivity contribution in [3.05, 3.63) is 21.4 Å². The molecule has 1 aromatic carbocycles. The zero-order valence-electron chi connectivity index (χ0n) is 9.70. The van der Waals surface area contributed by atoms with Crippen molar-refractivity contribution in [1.82, 2.24) is 5.16 Å². The fraction of sp³-hybridized carbons (Fsp3) is 0.400. The van der Waals surface area contributed by atoms with E-state index in [0.29, 0.717) is 13.2 Å². The molecule has 0 aliphatic carbocycles. The quantitative estimate of drug-likeness (QED) is 0.428. The van der Waals surface area contributed by atoms with Crippen molar-refractivity contribution in [3.8, 4) is 11.5 Å². The van der Waals surface area contributed by atoms with E-state index in [1.807, 2.05) is 0 Å². The van der Waals surface area contributed by atoms with Crippen LogP contribution in [0.2, 0.25) is 0 Å². The first-order chi connectivity index (χ1) is 9.18. The third-order valence-electron chi connectivity index (χ3n) is 2.80. The molecule has 0 bridgehead atoms. The van der Waals surface area contributed by atoms with Crippen molar-refractivity contribution in [2.75, 3.05) is 13.2 Å². The summed E-state index contributed by atoms with van der Waals surface area (Å²) >= 11 is 0. The van der Waals surface area contributed by atoms with E-state index < -0.39 is 10.6 Å². The molecule has 9 nitrogen and oxygen atoms in total. The summed E-state index contributed by atoms with van der Waals surface area (Å²) in [5.74, 6) is 0.151. The predicted molar refractivity (Wildman–Crippen MR) is 59.8 cm³/mol. The van der Waals surface area contributed by atoms with Gasteiger partial charge < -0.3 is 14.7 Å². The van der Waals surface area contributed by atoms with Gasteiger partial charge in [0.2, 0.25) is 11.3 Å². The molecule has 0 fully saturated rings. The Kier molecular flexibility index (Phi) is 2.58. The Morgan fingerprint density at radius 2 is 2.05 bits per heavy atom. The molecule has 1 aromatic heterocycles. The van der Waals surface area contributed by atoms with E-state index >= 15 is 0 Å². The number of hydrogen-bond donors (Lipinski definition) is 0. The van der Waals surface area contributed by atoms with E-state index in [1.54, 1.807) is 0 Å². The number of nitro benzene ring substituents is 1. The van der Waals surface area contributed by atoms with Crippen molar-refractivity contribution >= 4 is 16.7 Å². The number of aromatic nitrogens is 2. The highest BCUT2D eigenvalue weighted by Crippen LogP contribution is 2.42. The number of benzene rings is 1. The summed E-state index contributed by atoms with van der Waals surface area (Å²) in [5.41, 5.74) is -0.620. The van der Waals surface area contributed by atoms with Crippen LogP contribution >= 0.6 is 0 Å². The molecular formula is C10H9N3O6. The van der Waals surface area contributed by atoms with Crippen LogP contribution in [-0.2, 0) is 0 Å². The SMILES string of the molecule is O=[N+]([O-])c1c2c(cc3c1no[n+]3[O-])OCCCCO2. The molecular weight excluding hydrogens is 258 g/mol. The van der Waals surface area contributed by atoms with Gasteiger partial charge in [0.05, 0.1) is 23.3 Å². The van der Waals surface area contributed by atoms with Crippen molar-refractivity contribution in [1.29, 1.82) is 0 Å². The van der Waals surface area contributed by atoms with Crippen LogP contribution in [0.25, 0.3) is 11.0 Å². The summed E-state index contributed by atoms with van der Waals surface area (Å²) < 4.78 is 15.2. The molecule has 0 radical (unpaired) electrons. The summed E-state index contributed by atoms with van der Waals surface area (Å²) in [5, 5.41) is 25.9. The zero-order valence-corrected chi connectivity index (χ0v) is 9.70. The largest absolute Gasteiger partial charge is 0.489 e. The Labute approximate surface area is 106 Å².